The van der Waals surface area contributed by atoms with Gasteiger partial charge in [0.05, 0.1) is 28.8 Å². The maximum Gasteiger partial charge on any atom is 0.338 e. The van der Waals surface area contributed by atoms with Crippen LogP contribution in [0.5, 0.6) is 5.75 Å². The van der Waals surface area contributed by atoms with E-state index in [4.69, 9.17) is 21.1 Å². The number of hydrogen-bond donors (Lipinski definition) is 2. The van der Waals surface area contributed by atoms with Crippen LogP contribution in [0, 0.1) is 5.92 Å². The van der Waals surface area contributed by atoms with E-state index in [0.29, 0.717) is 31.9 Å². The van der Waals surface area contributed by atoms with Gasteiger partial charge in [0.1, 0.15) is 11.0 Å². The maximum absolute atomic E-state index is 14.2. The molecule has 0 saturated carbocycles. The van der Waals surface area contributed by atoms with E-state index in [1.807, 2.05) is 42.5 Å². The number of ether oxygens (including phenoxy) is 2. The lowest BCUT2D eigenvalue weighted by molar-refractivity contribution is -0.122. The smallest absolute Gasteiger partial charge is 0.338 e. The number of hydrogen-bond acceptors (Lipinski definition) is 9. The van der Waals surface area contributed by atoms with E-state index in [9.17, 15) is 24.0 Å². The number of carbonyl (C=O) groups excluding carboxylic acids is 4. The number of thiazole rings is 1. The van der Waals surface area contributed by atoms with Crippen molar-refractivity contribution in [2.24, 2.45) is 5.92 Å². The highest BCUT2D eigenvalue weighted by atomic mass is 35.5. The van der Waals surface area contributed by atoms with Gasteiger partial charge in [0.25, 0.3) is 5.91 Å². The predicted molar refractivity (Wildman–Crippen MR) is 184 cm³/mol. The summed E-state index contributed by atoms with van der Waals surface area (Å²) in [6, 6.07) is 24.2. The Balaban J connectivity index is 1.20. The Morgan fingerprint density at radius 3 is 2.52 bits per heavy atom. The SMILES string of the molecule is CCOC(=O)c1ccc(N2C(=O)[C@H]3[C@H](c4cc(Cl)ccc4OCC(=O)Nc4cccc5ccccc45)c4sc(=O)[nH]c4S[C@H]3C2=O)cc1. The zero-order chi connectivity index (χ0) is 33.5. The molecule has 1 saturated heterocycles. The first-order valence-electron chi connectivity index (χ1n) is 15.0. The highest BCUT2D eigenvalue weighted by Gasteiger charge is 2.57. The number of benzene rings is 4. The molecule has 3 atom stereocenters. The Bertz CT molecular complexity index is 2160. The number of rotatable bonds is 8. The number of thioether (sulfide) groups is 1. The van der Waals surface area contributed by atoms with Crippen LogP contribution in [-0.4, -0.2) is 47.1 Å². The number of nitrogens with zero attached hydrogens (tertiary/aromatic N) is 1. The molecule has 48 heavy (non-hydrogen) atoms. The third-order valence-corrected chi connectivity index (χ3v) is 10.8. The van der Waals surface area contributed by atoms with Gasteiger partial charge in [-0.2, -0.15) is 0 Å². The number of imide groups is 1. The van der Waals surface area contributed by atoms with Gasteiger partial charge < -0.3 is 19.8 Å². The molecular weight excluding hydrogens is 674 g/mol. The summed E-state index contributed by atoms with van der Waals surface area (Å²) in [5, 5.41) is 4.72. The number of amides is 3. The van der Waals surface area contributed by atoms with Gasteiger partial charge in [-0.05, 0) is 60.8 Å². The zero-order valence-corrected chi connectivity index (χ0v) is 27.6. The predicted octanol–water partition coefficient (Wildman–Crippen LogP) is 6.23. The topological polar surface area (TPSA) is 135 Å². The fraction of sp³-hybridized carbons (Fsp3) is 0.171. The standard InChI is InChI=1S/C35H26ClN3O7S2/c1-2-45-34(43)19-10-13-21(14-11-19)39-32(41)28-27(29-31(38-35(44)48-29)47-30(28)33(39)42)23-16-20(36)12-15-25(23)46-17-26(40)37-24-9-5-7-18-6-3-4-8-22(18)24/h3-16,27-28,30H,2,17H2,1H3,(H,37,40)(H,38,44)/t27-,28-,30+/m0/s1. The molecule has 2 aliphatic rings. The minimum absolute atomic E-state index is 0.210. The van der Waals surface area contributed by atoms with E-state index in [1.54, 1.807) is 25.1 Å². The number of aromatic nitrogens is 1. The van der Waals surface area contributed by atoms with Crippen molar-refractivity contribution in [3.63, 3.8) is 0 Å². The Kier molecular flexibility index (Phi) is 8.54. The van der Waals surface area contributed by atoms with Gasteiger partial charge in [-0.25, -0.2) is 9.69 Å². The molecule has 4 aromatic carbocycles. The number of aromatic amines is 1. The molecule has 2 aliphatic heterocycles. The largest absolute Gasteiger partial charge is 0.483 e. The van der Waals surface area contributed by atoms with Crippen LogP contribution < -0.4 is 19.8 Å². The number of carbonyl (C=O) groups is 4. The van der Waals surface area contributed by atoms with Crippen LogP contribution in [0.1, 0.15) is 33.6 Å². The molecule has 0 unspecified atom stereocenters. The number of H-pyrrole nitrogens is 1. The molecular formula is C35H26ClN3O7S2. The molecule has 0 spiro atoms. The first kappa shape index (κ1) is 31.7. The summed E-state index contributed by atoms with van der Waals surface area (Å²) < 4.78 is 11.1. The van der Waals surface area contributed by atoms with Crippen molar-refractivity contribution in [3.05, 3.63) is 116 Å². The lowest BCUT2D eigenvalue weighted by Crippen LogP contribution is -2.32. The molecule has 3 amide bonds. The van der Waals surface area contributed by atoms with E-state index in [1.165, 1.54) is 24.3 Å². The monoisotopic (exact) mass is 699 g/mol. The first-order chi connectivity index (χ1) is 23.2. The van der Waals surface area contributed by atoms with Crippen molar-refractivity contribution in [2.75, 3.05) is 23.4 Å². The second-order valence-corrected chi connectivity index (χ2v) is 13.7. The van der Waals surface area contributed by atoms with Gasteiger partial charge in [-0.15, -0.1) is 0 Å². The van der Waals surface area contributed by atoms with Crippen molar-refractivity contribution in [1.82, 2.24) is 4.98 Å². The molecule has 10 nitrogen and oxygen atoms in total. The van der Waals surface area contributed by atoms with E-state index in [0.717, 1.165) is 38.8 Å². The van der Waals surface area contributed by atoms with Crippen molar-refractivity contribution in [1.29, 1.82) is 0 Å². The highest BCUT2D eigenvalue weighted by molar-refractivity contribution is 8.00. The van der Waals surface area contributed by atoms with Crippen molar-refractivity contribution in [2.45, 2.75) is 23.1 Å². The number of esters is 1. The summed E-state index contributed by atoms with van der Waals surface area (Å²) in [6.07, 6.45) is 0. The van der Waals surface area contributed by atoms with Gasteiger partial charge >= 0.3 is 10.8 Å². The van der Waals surface area contributed by atoms with Crippen LogP contribution in [0.4, 0.5) is 11.4 Å². The second kappa shape index (κ2) is 12.9. The molecule has 3 heterocycles. The third kappa shape index (κ3) is 5.76. The molecule has 7 rings (SSSR count). The molecule has 0 bridgehead atoms. The minimum atomic E-state index is -0.920. The van der Waals surface area contributed by atoms with Crippen LogP contribution in [0.15, 0.2) is 94.7 Å². The number of fused-ring (bicyclic) bond motifs is 3. The van der Waals surface area contributed by atoms with Crippen LogP contribution >= 0.6 is 34.7 Å². The summed E-state index contributed by atoms with van der Waals surface area (Å²) in [5.41, 5.74) is 1.69. The fourth-order valence-corrected chi connectivity index (χ4v) is 8.81. The Hall–Kier alpha value is -4.91. The Morgan fingerprint density at radius 2 is 1.73 bits per heavy atom. The van der Waals surface area contributed by atoms with Crippen LogP contribution in [0.2, 0.25) is 5.02 Å². The number of nitrogens with one attached hydrogen (secondary N) is 2. The lowest BCUT2D eigenvalue weighted by atomic mass is 9.82. The van der Waals surface area contributed by atoms with E-state index in [-0.39, 0.29) is 29.4 Å². The number of anilines is 2. The van der Waals surface area contributed by atoms with E-state index >= 15 is 0 Å². The summed E-state index contributed by atoms with van der Waals surface area (Å²) in [7, 11) is 0. The molecule has 0 radical (unpaired) electrons. The normalized spacial score (nSPS) is 18.4. The average Bonchev–Trinajstić information content (AvgIpc) is 3.58. The highest BCUT2D eigenvalue weighted by Crippen LogP contribution is 2.54. The molecule has 2 N–H and O–H groups in total. The maximum atomic E-state index is 14.2. The molecule has 0 aliphatic carbocycles. The molecule has 5 aromatic rings. The third-order valence-electron chi connectivity index (χ3n) is 8.19. The molecule has 242 valence electrons. The molecule has 1 aromatic heterocycles. The average molecular weight is 700 g/mol. The summed E-state index contributed by atoms with van der Waals surface area (Å²) in [5.74, 6) is -3.27. The van der Waals surface area contributed by atoms with Gasteiger partial charge in [-0.3, -0.25) is 19.2 Å². The van der Waals surface area contributed by atoms with Gasteiger partial charge in [0.2, 0.25) is 11.8 Å². The molecule has 13 heteroatoms. The Labute approximate surface area is 287 Å². The summed E-state index contributed by atoms with van der Waals surface area (Å²) in [4.78, 5) is 70.2. The van der Waals surface area contributed by atoms with Crippen LogP contribution in [0.25, 0.3) is 10.8 Å². The van der Waals surface area contributed by atoms with Gasteiger partial charge in [0.15, 0.2) is 6.61 Å². The lowest BCUT2D eigenvalue weighted by Gasteiger charge is -2.31. The van der Waals surface area contributed by atoms with Gasteiger partial charge in [0, 0.05) is 32.5 Å². The van der Waals surface area contributed by atoms with E-state index in [2.05, 4.69) is 10.3 Å². The fourth-order valence-electron chi connectivity index (χ4n) is 6.13. The number of halogens is 1. The second-order valence-electron chi connectivity index (χ2n) is 11.1. The first-order valence-corrected chi connectivity index (χ1v) is 17.1. The minimum Gasteiger partial charge on any atom is -0.483 e. The van der Waals surface area contributed by atoms with Gasteiger partial charge in [-0.1, -0.05) is 71.1 Å². The van der Waals surface area contributed by atoms with Crippen molar-refractivity contribution >= 4 is 80.5 Å². The summed E-state index contributed by atoms with van der Waals surface area (Å²) in [6.45, 7) is 1.56. The molecule has 1 fully saturated rings. The van der Waals surface area contributed by atoms with Crippen molar-refractivity contribution < 1.29 is 28.7 Å². The van der Waals surface area contributed by atoms with Crippen LogP contribution in [0.3, 0.4) is 0 Å². The summed E-state index contributed by atoms with van der Waals surface area (Å²) >= 11 is 8.57. The van der Waals surface area contributed by atoms with E-state index < -0.39 is 40.8 Å². The van der Waals surface area contributed by atoms with Crippen molar-refractivity contribution in [3.8, 4) is 5.75 Å². The van der Waals surface area contributed by atoms with Crippen LogP contribution in [-0.2, 0) is 19.1 Å². The quantitative estimate of drug-likeness (QED) is 0.144. The zero-order valence-electron chi connectivity index (χ0n) is 25.2. The Morgan fingerprint density at radius 1 is 0.958 bits per heavy atom.